The van der Waals surface area contributed by atoms with E-state index in [1.54, 1.807) is 11.3 Å². The van der Waals surface area contributed by atoms with E-state index in [4.69, 9.17) is 11.6 Å². The van der Waals surface area contributed by atoms with E-state index in [0.29, 0.717) is 0 Å². The number of para-hydroxylation sites is 1. The topological polar surface area (TPSA) is 12.9 Å². The van der Waals surface area contributed by atoms with Gasteiger partial charge < -0.3 is 0 Å². The van der Waals surface area contributed by atoms with Crippen LogP contribution in [-0.4, -0.2) is 4.98 Å². The zero-order chi connectivity index (χ0) is 14.1. The van der Waals surface area contributed by atoms with Crippen molar-refractivity contribution in [1.29, 1.82) is 0 Å². The van der Waals surface area contributed by atoms with Crippen molar-refractivity contribution in [2.24, 2.45) is 0 Å². The van der Waals surface area contributed by atoms with Gasteiger partial charge in [0.15, 0.2) is 0 Å². The summed E-state index contributed by atoms with van der Waals surface area (Å²) in [5.41, 5.74) is 3.41. The number of aryl methyl sites for hydroxylation is 1. The van der Waals surface area contributed by atoms with Crippen molar-refractivity contribution in [3.63, 3.8) is 0 Å². The summed E-state index contributed by atoms with van der Waals surface area (Å²) in [4.78, 5) is 4.64. The molecular formula is C16H13BrClNS. The van der Waals surface area contributed by atoms with Crippen LogP contribution >= 0.6 is 38.9 Å². The Labute approximate surface area is 135 Å². The molecule has 1 heterocycles. The molecule has 4 heteroatoms. The van der Waals surface area contributed by atoms with Crippen molar-refractivity contribution >= 4 is 49.1 Å². The van der Waals surface area contributed by atoms with Crippen molar-refractivity contribution in [2.45, 2.75) is 18.7 Å². The van der Waals surface area contributed by atoms with E-state index in [0.717, 1.165) is 27.0 Å². The van der Waals surface area contributed by atoms with Crippen molar-refractivity contribution in [1.82, 2.24) is 4.98 Å². The first-order valence-electron chi connectivity index (χ1n) is 6.38. The molecule has 0 N–H and O–H groups in total. The molecule has 0 saturated carbocycles. The highest BCUT2D eigenvalue weighted by Crippen LogP contribution is 2.31. The molecule has 1 aromatic heterocycles. The smallest absolute Gasteiger partial charge is 0.0956 e. The van der Waals surface area contributed by atoms with Gasteiger partial charge in [0, 0.05) is 10.9 Å². The molecule has 102 valence electrons. The standard InChI is InChI=1S/C16H13BrClNS/c1-10-6-7-11(8-12(10)17)13(18)9-16-19-14-4-2-3-5-15(14)20-16/h2-8,13H,9H2,1H3. The van der Waals surface area contributed by atoms with E-state index >= 15 is 0 Å². The molecule has 0 aliphatic heterocycles. The normalized spacial score (nSPS) is 12.8. The highest BCUT2D eigenvalue weighted by molar-refractivity contribution is 9.10. The molecule has 0 saturated heterocycles. The Kier molecular flexibility index (Phi) is 4.11. The molecule has 0 aliphatic rings. The van der Waals surface area contributed by atoms with Crippen LogP contribution in [0.5, 0.6) is 0 Å². The number of rotatable bonds is 3. The molecule has 0 aliphatic carbocycles. The third-order valence-corrected chi connectivity index (χ3v) is 5.57. The fraction of sp³-hybridized carbons (Fsp3) is 0.188. The lowest BCUT2D eigenvalue weighted by Crippen LogP contribution is -1.96. The highest BCUT2D eigenvalue weighted by atomic mass is 79.9. The minimum Gasteiger partial charge on any atom is -0.241 e. The molecule has 0 spiro atoms. The van der Waals surface area contributed by atoms with Crippen LogP contribution in [0.2, 0.25) is 0 Å². The van der Waals surface area contributed by atoms with E-state index in [2.05, 4.69) is 52.1 Å². The van der Waals surface area contributed by atoms with Crippen molar-refractivity contribution in [3.8, 4) is 0 Å². The summed E-state index contributed by atoms with van der Waals surface area (Å²) in [5, 5.41) is 1.04. The van der Waals surface area contributed by atoms with Gasteiger partial charge >= 0.3 is 0 Å². The average molecular weight is 367 g/mol. The molecular weight excluding hydrogens is 354 g/mol. The maximum absolute atomic E-state index is 6.54. The van der Waals surface area contributed by atoms with Crippen LogP contribution < -0.4 is 0 Å². The zero-order valence-corrected chi connectivity index (χ0v) is 14.1. The summed E-state index contributed by atoms with van der Waals surface area (Å²) >= 11 is 11.8. The summed E-state index contributed by atoms with van der Waals surface area (Å²) in [6, 6.07) is 14.5. The van der Waals surface area contributed by atoms with Crippen LogP contribution in [-0.2, 0) is 6.42 Å². The Morgan fingerprint density at radius 2 is 2.05 bits per heavy atom. The summed E-state index contributed by atoms with van der Waals surface area (Å²) in [5.74, 6) is 0. The number of benzene rings is 2. The Hall–Kier alpha value is -0.900. The molecule has 0 bridgehead atoms. The van der Waals surface area contributed by atoms with E-state index in [1.165, 1.54) is 10.3 Å². The number of hydrogen-bond donors (Lipinski definition) is 0. The van der Waals surface area contributed by atoms with Gasteiger partial charge in [-0.05, 0) is 36.2 Å². The first-order valence-corrected chi connectivity index (χ1v) is 8.42. The van der Waals surface area contributed by atoms with Crippen LogP contribution in [0, 0.1) is 6.92 Å². The van der Waals surface area contributed by atoms with Gasteiger partial charge in [0.2, 0.25) is 0 Å². The van der Waals surface area contributed by atoms with Gasteiger partial charge in [0.1, 0.15) is 0 Å². The van der Waals surface area contributed by atoms with Crippen LogP contribution in [0.15, 0.2) is 46.9 Å². The van der Waals surface area contributed by atoms with Crippen molar-refractivity contribution in [2.75, 3.05) is 0 Å². The molecule has 2 aromatic carbocycles. The number of halogens is 2. The largest absolute Gasteiger partial charge is 0.241 e. The molecule has 0 amide bonds. The Morgan fingerprint density at radius 3 is 2.80 bits per heavy atom. The molecule has 0 fully saturated rings. The fourth-order valence-electron chi connectivity index (χ4n) is 2.08. The number of alkyl halides is 1. The van der Waals surface area contributed by atoms with Gasteiger partial charge in [0.25, 0.3) is 0 Å². The number of aromatic nitrogens is 1. The third kappa shape index (κ3) is 2.90. The minimum absolute atomic E-state index is 0.0486. The third-order valence-electron chi connectivity index (χ3n) is 3.25. The fourth-order valence-corrected chi connectivity index (χ4v) is 3.86. The maximum Gasteiger partial charge on any atom is 0.0956 e. The number of fused-ring (bicyclic) bond motifs is 1. The first-order chi connectivity index (χ1) is 9.63. The van der Waals surface area contributed by atoms with Crippen LogP contribution in [0.25, 0.3) is 10.2 Å². The molecule has 1 unspecified atom stereocenters. The Bertz CT molecular complexity index is 720. The van der Waals surface area contributed by atoms with Crippen molar-refractivity contribution < 1.29 is 0 Å². The van der Waals surface area contributed by atoms with Crippen LogP contribution in [0.3, 0.4) is 0 Å². The second kappa shape index (κ2) is 5.84. The summed E-state index contributed by atoms with van der Waals surface area (Å²) < 4.78 is 2.32. The minimum atomic E-state index is -0.0486. The van der Waals surface area contributed by atoms with E-state index in [9.17, 15) is 0 Å². The average Bonchev–Trinajstić information content (AvgIpc) is 2.83. The van der Waals surface area contributed by atoms with Gasteiger partial charge in [-0.2, -0.15) is 0 Å². The number of hydrogen-bond acceptors (Lipinski definition) is 2. The molecule has 0 radical (unpaired) electrons. The monoisotopic (exact) mass is 365 g/mol. The molecule has 20 heavy (non-hydrogen) atoms. The quantitative estimate of drug-likeness (QED) is 0.527. The molecule has 3 aromatic rings. The molecule has 1 atom stereocenters. The lowest BCUT2D eigenvalue weighted by molar-refractivity contribution is 0.909. The predicted molar refractivity (Wildman–Crippen MR) is 90.8 cm³/mol. The van der Waals surface area contributed by atoms with Gasteiger partial charge in [-0.25, -0.2) is 4.98 Å². The second-order valence-electron chi connectivity index (χ2n) is 4.76. The Balaban J connectivity index is 1.84. The van der Waals surface area contributed by atoms with E-state index in [1.807, 2.05) is 18.2 Å². The second-order valence-corrected chi connectivity index (χ2v) is 7.25. The summed E-state index contributed by atoms with van der Waals surface area (Å²) in [6.45, 7) is 2.07. The first kappa shape index (κ1) is 14.1. The molecule has 1 nitrogen and oxygen atoms in total. The Morgan fingerprint density at radius 1 is 1.25 bits per heavy atom. The summed E-state index contributed by atoms with van der Waals surface area (Å²) in [7, 11) is 0. The van der Waals surface area contributed by atoms with Crippen LogP contribution in [0.1, 0.15) is 21.5 Å². The van der Waals surface area contributed by atoms with E-state index < -0.39 is 0 Å². The number of nitrogens with zero attached hydrogens (tertiary/aromatic N) is 1. The van der Waals surface area contributed by atoms with Gasteiger partial charge in [-0.15, -0.1) is 22.9 Å². The lowest BCUT2D eigenvalue weighted by atomic mass is 10.1. The lowest BCUT2D eigenvalue weighted by Gasteiger charge is -2.09. The van der Waals surface area contributed by atoms with Gasteiger partial charge in [0.05, 0.1) is 20.6 Å². The summed E-state index contributed by atoms with van der Waals surface area (Å²) in [6.07, 6.45) is 0.760. The van der Waals surface area contributed by atoms with Crippen molar-refractivity contribution in [3.05, 3.63) is 63.1 Å². The van der Waals surface area contributed by atoms with Gasteiger partial charge in [-0.3, -0.25) is 0 Å². The highest BCUT2D eigenvalue weighted by Gasteiger charge is 2.13. The zero-order valence-electron chi connectivity index (χ0n) is 10.9. The van der Waals surface area contributed by atoms with Crippen LogP contribution in [0.4, 0.5) is 0 Å². The molecule has 3 rings (SSSR count). The maximum atomic E-state index is 6.54. The predicted octanol–water partition coefficient (Wildman–Crippen LogP) is 5.89. The number of thiazole rings is 1. The van der Waals surface area contributed by atoms with Gasteiger partial charge in [-0.1, -0.05) is 40.2 Å². The van der Waals surface area contributed by atoms with E-state index in [-0.39, 0.29) is 5.38 Å². The SMILES string of the molecule is Cc1ccc(C(Cl)Cc2nc3ccccc3s2)cc1Br.